The first kappa shape index (κ1) is 25.7. The lowest BCUT2D eigenvalue weighted by Crippen LogP contribution is -2.28. The van der Waals surface area contributed by atoms with Gasteiger partial charge < -0.3 is 19.1 Å². The summed E-state index contributed by atoms with van der Waals surface area (Å²) < 4.78 is 13.4. The van der Waals surface area contributed by atoms with Gasteiger partial charge in [-0.25, -0.2) is 14.8 Å². The highest BCUT2D eigenvalue weighted by Crippen LogP contribution is 2.41. The van der Waals surface area contributed by atoms with E-state index in [1.165, 1.54) is 0 Å². The van der Waals surface area contributed by atoms with Crippen LogP contribution in [0.1, 0.15) is 43.7 Å². The Kier molecular flexibility index (Phi) is 6.82. The number of imidazole rings is 1. The van der Waals surface area contributed by atoms with Crippen LogP contribution in [-0.2, 0) is 16.6 Å². The number of carboxylic acids is 1. The van der Waals surface area contributed by atoms with Gasteiger partial charge in [-0.1, -0.05) is 23.7 Å². The molecule has 0 aliphatic rings. The first-order chi connectivity index (χ1) is 16.9. The topological polar surface area (TPSA) is 86.5 Å². The Balaban J connectivity index is 2.04. The number of halogens is 1. The Morgan fingerprint density at radius 1 is 1.08 bits per heavy atom. The van der Waals surface area contributed by atoms with Crippen molar-refractivity contribution in [1.82, 2.24) is 14.5 Å². The van der Waals surface area contributed by atoms with Gasteiger partial charge in [-0.15, -0.1) is 0 Å². The van der Waals surface area contributed by atoms with Crippen LogP contribution in [0, 0.1) is 13.8 Å². The number of fused-ring (bicyclic) bond motifs is 1. The second-order valence-electron chi connectivity index (χ2n) is 9.76. The number of hydrogen-bond donors (Lipinski definition) is 1. The van der Waals surface area contributed by atoms with Gasteiger partial charge in [-0.05, 0) is 75.6 Å². The third kappa shape index (κ3) is 4.81. The normalized spacial score (nSPS) is 12.7. The Bertz CT molecular complexity index is 1450. The number of nitrogens with zero attached hydrogens (tertiary/aromatic N) is 3. The summed E-state index contributed by atoms with van der Waals surface area (Å²) in [6, 6.07) is 13.1. The molecule has 2 aromatic heterocycles. The predicted molar refractivity (Wildman–Crippen MR) is 142 cm³/mol. The summed E-state index contributed by atoms with van der Waals surface area (Å²) in [5.41, 5.74) is 5.13. The van der Waals surface area contributed by atoms with E-state index in [1.54, 1.807) is 19.2 Å². The lowest BCUT2D eigenvalue weighted by atomic mass is 9.89. The van der Waals surface area contributed by atoms with Gasteiger partial charge in [0, 0.05) is 29.4 Å². The highest BCUT2D eigenvalue weighted by atomic mass is 35.5. The fourth-order valence-corrected chi connectivity index (χ4v) is 4.56. The number of hydrogen-bond acceptors (Lipinski definition) is 5. The third-order valence-electron chi connectivity index (χ3n) is 6.06. The van der Waals surface area contributed by atoms with Crippen LogP contribution in [0.25, 0.3) is 33.7 Å². The number of aliphatic carboxylic acids is 1. The van der Waals surface area contributed by atoms with E-state index in [4.69, 9.17) is 31.0 Å². The number of aromatic nitrogens is 3. The number of rotatable bonds is 6. The van der Waals surface area contributed by atoms with Crippen LogP contribution in [-0.4, -0.2) is 38.3 Å². The van der Waals surface area contributed by atoms with Gasteiger partial charge in [-0.2, -0.15) is 0 Å². The summed E-state index contributed by atoms with van der Waals surface area (Å²) in [5.74, 6) is 0.329. The maximum Gasteiger partial charge on any atom is 0.337 e. The molecule has 0 radical (unpaired) electrons. The van der Waals surface area contributed by atoms with E-state index >= 15 is 0 Å². The summed E-state index contributed by atoms with van der Waals surface area (Å²) in [4.78, 5) is 22.2. The zero-order chi connectivity index (χ0) is 26.4. The molecule has 0 aliphatic carbocycles. The SMILES string of the molecule is COc1ccc2nc(-c3nc(C)c([C@H](OC(C)(C)C)C(=O)O)c(-c4ccc(Cl)cc4)c3C)n(C)c2c1. The lowest BCUT2D eigenvalue weighted by Gasteiger charge is -2.28. The van der Waals surface area contributed by atoms with Crippen LogP contribution < -0.4 is 4.74 Å². The van der Waals surface area contributed by atoms with E-state index < -0.39 is 17.7 Å². The van der Waals surface area contributed by atoms with Crippen LogP contribution >= 0.6 is 11.6 Å². The van der Waals surface area contributed by atoms with Crippen LogP contribution in [0.3, 0.4) is 0 Å². The molecule has 8 heteroatoms. The summed E-state index contributed by atoms with van der Waals surface area (Å²) in [5, 5.41) is 10.8. The standard InChI is InChI=1S/C28H30ClN3O4/c1-15-22(17-8-10-18(29)11-9-17)23(25(27(33)34)36-28(3,4)5)16(2)30-24(15)26-31-20-13-12-19(35-7)14-21(20)32(26)6/h8-14,25H,1-7H3,(H,33,34)/t25-/m0/s1. The minimum atomic E-state index is -1.21. The van der Waals surface area contributed by atoms with Crippen molar-refractivity contribution in [3.63, 3.8) is 0 Å². The fourth-order valence-electron chi connectivity index (χ4n) is 4.43. The van der Waals surface area contributed by atoms with Gasteiger partial charge in [0.25, 0.3) is 0 Å². The van der Waals surface area contributed by atoms with Crippen molar-refractivity contribution in [2.45, 2.75) is 46.3 Å². The molecule has 7 nitrogen and oxygen atoms in total. The Morgan fingerprint density at radius 3 is 2.33 bits per heavy atom. The average molecular weight is 508 g/mol. The van der Waals surface area contributed by atoms with Crippen molar-refractivity contribution in [1.29, 1.82) is 0 Å². The molecule has 4 aromatic rings. The largest absolute Gasteiger partial charge is 0.497 e. The van der Waals surface area contributed by atoms with E-state index in [2.05, 4.69) is 0 Å². The van der Waals surface area contributed by atoms with E-state index in [0.29, 0.717) is 27.8 Å². The third-order valence-corrected chi connectivity index (χ3v) is 6.31. The second kappa shape index (κ2) is 9.56. The van der Waals surface area contributed by atoms with Gasteiger partial charge >= 0.3 is 5.97 Å². The maximum absolute atomic E-state index is 12.5. The summed E-state index contributed by atoms with van der Waals surface area (Å²) in [7, 11) is 3.56. The van der Waals surface area contributed by atoms with E-state index in [1.807, 2.05) is 76.6 Å². The average Bonchev–Trinajstić information content (AvgIpc) is 3.14. The second-order valence-corrected chi connectivity index (χ2v) is 10.2. The van der Waals surface area contributed by atoms with Crippen LogP contribution in [0.15, 0.2) is 42.5 Å². The number of ether oxygens (including phenoxy) is 2. The minimum Gasteiger partial charge on any atom is -0.497 e. The van der Waals surface area contributed by atoms with Crippen molar-refractivity contribution in [2.75, 3.05) is 7.11 Å². The first-order valence-corrected chi connectivity index (χ1v) is 12.0. The highest BCUT2D eigenvalue weighted by molar-refractivity contribution is 6.30. The molecule has 0 fully saturated rings. The molecule has 1 atom stereocenters. The Labute approximate surface area is 215 Å². The van der Waals surface area contributed by atoms with Gasteiger partial charge in [-0.3, -0.25) is 0 Å². The van der Waals surface area contributed by atoms with Crippen LogP contribution in [0.5, 0.6) is 5.75 Å². The molecule has 2 heterocycles. The molecule has 188 valence electrons. The van der Waals surface area contributed by atoms with Crippen LogP contribution in [0.2, 0.25) is 5.02 Å². The molecular weight excluding hydrogens is 478 g/mol. The minimum absolute atomic E-state index is 0.515. The Morgan fingerprint density at radius 2 is 1.75 bits per heavy atom. The first-order valence-electron chi connectivity index (χ1n) is 11.6. The smallest absolute Gasteiger partial charge is 0.337 e. The number of benzene rings is 2. The van der Waals surface area contributed by atoms with Crippen molar-refractivity contribution in [3.8, 4) is 28.4 Å². The molecular formula is C28H30ClN3O4. The lowest BCUT2D eigenvalue weighted by molar-refractivity contribution is -0.160. The number of carbonyl (C=O) groups is 1. The number of carboxylic acid groups (broad SMARTS) is 1. The van der Waals surface area contributed by atoms with Gasteiger partial charge in [0.15, 0.2) is 11.9 Å². The molecule has 4 rings (SSSR count). The molecule has 0 unspecified atom stereocenters. The molecule has 36 heavy (non-hydrogen) atoms. The molecule has 2 aromatic carbocycles. The molecule has 0 bridgehead atoms. The monoisotopic (exact) mass is 507 g/mol. The van der Waals surface area contributed by atoms with Crippen molar-refractivity contribution in [2.24, 2.45) is 7.05 Å². The van der Waals surface area contributed by atoms with Crippen molar-refractivity contribution < 1.29 is 19.4 Å². The quantitative estimate of drug-likeness (QED) is 0.319. The molecule has 0 aliphatic heterocycles. The molecule has 0 spiro atoms. The predicted octanol–water partition coefficient (Wildman–Crippen LogP) is 6.52. The number of pyridine rings is 1. The van der Waals surface area contributed by atoms with E-state index in [0.717, 1.165) is 33.5 Å². The summed E-state index contributed by atoms with van der Waals surface area (Å²) in [6.45, 7) is 9.25. The molecule has 0 saturated carbocycles. The number of aryl methyl sites for hydroxylation is 2. The number of methoxy groups -OCH3 is 1. The molecule has 0 amide bonds. The van der Waals surface area contributed by atoms with Gasteiger partial charge in [0.2, 0.25) is 0 Å². The summed E-state index contributed by atoms with van der Waals surface area (Å²) in [6.07, 6.45) is -1.21. The van der Waals surface area contributed by atoms with Crippen molar-refractivity contribution in [3.05, 3.63) is 64.3 Å². The molecule has 1 N–H and O–H groups in total. The zero-order valence-electron chi connectivity index (χ0n) is 21.5. The fraction of sp³-hybridized carbons (Fsp3) is 0.321. The maximum atomic E-state index is 12.5. The Hall–Kier alpha value is -3.42. The van der Waals surface area contributed by atoms with E-state index in [-0.39, 0.29) is 0 Å². The van der Waals surface area contributed by atoms with Crippen molar-refractivity contribution >= 4 is 28.6 Å². The van der Waals surface area contributed by atoms with Gasteiger partial charge in [0.1, 0.15) is 11.4 Å². The molecule has 0 saturated heterocycles. The summed E-state index contributed by atoms with van der Waals surface area (Å²) >= 11 is 6.17. The van der Waals surface area contributed by atoms with Gasteiger partial charge in [0.05, 0.1) is 23.7 Å². The highest BCUT2D eigenvalue weighted by Gasteiger charge is 2.33. The zero-order valence-corrected chi connectivity index (χ0v) is 22.3. The van der Waals surface area contributed by atoms with Crippen LogP contribution in [0.4, 0.5) is 0 Å². The van der Waals surface area contributed by atoms with E-state index in [9.17, 15) is 9.90 Å².